The Morgan fingerprint density at radius 1 is 1.62 bits per heavy atom. The summed E-state index contributed by atoms with van der Waals surface area (Å²) in [7, 11) is 1.74. The molecule has 5 heteroatoms. The van der Waals surface area contributed by atoms with Gasteiger partial charge in [0.15, 0.2) is 5.69 Å². The zero-order valence-electron chi connectivity index (χ0n) is 7.40. The van der Waals surface area contributed by atoms with Gasteiger partial charge in [-0.25, -0.2) is 4.79 Å². The molecule has 1 saturated carbocycles. The van der Waals surface area contributed by atoms with Gasteiger partial charge in [0.05, 0.1) is 5.69 Å². The Morgan fingerprint density at radius 2 is 2.31 bits per heavy atom. The molecule has 70 valence electrons. The van der Waals surface area contributed by atoms with Gasteiger partial charge in [-0.15, -0.1) is 5.10 Å². The van der Waals surface area contributed by atoms with Crippen LogP contribution in [-0.2, 0) is 7.05 Å². The predicted molar refractivity (Wildman–Crippen MR) is 44.6 cm³/mol. The lowest BCUT2D eigenvalue weighted by molar-refractivity contribution is 0.0687. The largest absolute Gasteiger partial charge is 0.476 e. The first kappa shape index (κ1) is 8.22. The first-order valence-corrected chi connectivity index (χ1v) is 4.33. The maximum Gasteiger partial charge on any atom is 0.358 e. The molecule has 1 aliphatic rings. The average molecular weight is 181 g/mol. The van der Waals surface area contributed by atoms with Crippen molar-refractivity contribution in [3.05, 3.63) is 11.4 Å². The van der Waals surface area contributed by atoms with E-state index in [1.165, 1.54) is 6.42 Å². The third-order valence-corrected chi connectivity index (χ3v) is 2.56. The van der Waals surface area contributed by atoms with Crippen molar-refractivity contribution in [3.8, 4) is 0 Å². The lowest BCUT2D eigenvalue weighted by Crippen LogP contribution is -2.16. The van der Waals surface area contributed by atoms with Crippen molar-refractivity contribution >= 4 is 5.97 Å². The van der Waals surface area contributed by atoms with Crippen molar-refractivity contribution in [2.75, 3.05) is 0 Å². The van der Waals surface area contributed by atoms with Gasteiger partial charge in [0.2, 0.25) is 0 Å². The summed E-state index contributed by atoms with van der Waals surface area (Å²) < 4.78 is 1.58. The van der Waals surface area contributed by atoms with Gasteiger partial charge in [-0.05, 0) is 12.8 Å². The Labute approximate surface area is 75.4 Å². The third-order valence-electron chi connectivity index (χ3n) is 2.56. The molecule has 0 aliphatic heterocycles. The van der Waals surface area contributed by atoms with E-state index in [0.29, 0.717) is 5.92 Å². The van der Waals surface area contributed by atoms with Crippen LogP contribution in [0.5, 0.6) is 0 Å². The van der Waals surface area contributed by atoms with E-state index in [9.17, 15) is 4.79 Å². The molecular weight excluding hydrogens is 170 g/mol. The molecule has 1 fully saturated rings. The minimum absolute atomic E-state index is 0.118. The van der Waals surface area contributed by atoms with E-state index in [-0.39, 0.29) is 5.69 Å². The quantitative estimate of drug-likeness (QED) is 0.732. The van der Waals surface area contributed by atoms with Gasteiger partial charge in [0, 0.05) is 13.0 Å². The van der Waals surface area contributed by atoms with Gasteiger partial charge in [0.25, 0.3) is 0 Å². The molecule has 1 aromatic rings. The first-order valence-electron chi connectivity index (χ1n) is 4.33. The molecule has 0 spiro atoms. The number of carboxylic acids is 1. The lowest BCUT2D eigenvalue weighted by atomic mass is 9.82. The van der Waals surface area contributed by atoms with Crippen LogP contribution in [0.4, 0.5) is 0 Å². The highest BCUT2D eigenvalue weighted by molar-refractivity contribution is 5.86. The van der Waals surface area contributed by atoms with Crippen LogP contribution in [0.2, 0.25) is 0 Å². The predicted octanol–water partition coefficient (Wildman–Crippen LogP) is 0.781. The fourth-order valence-electron chi connectivity index (χ4n) is 1.66. The van der Waals surface area contributed by atoms with E-state index in [2.05, 4.69) is 10.3 Å². The molecule has 13 heavy (non-hydrogen) atoms. The molecule has 0 amide bonds. The van der Waals surface area contributed by atoms with Crippen LogP contribution < -0.4 is 0 Å². The topological polar surface area (TPSA) is 68.0 Å². The Bertz CT molecular complexity index is 341. The van der Waals surface area contributed by atoms with E-state index < -0.39 is 5.97 Å². The number of carboxylic acid groups (broad SMARTS) is 1. The van der Waals surface area contributed by atoms with Gasteiger partial charge in [-0.1, -0.05) is 11.6 Å². The molecule has 0 atom stereocenters. The number of aryl methyl sites for hydroxylation is 1. The number of carbonyl (C=O) groups is 1. The number of nitrogens with zero attached hydrogens (tertiary/aromatic N) is 3. The highest BCUT2D eigenvalue weighted by Gasteiger charge is 2.29. The van der Waals surface area contributed by atoms with E-state index >= 15 is 0 Å². The fraction of sp³-hybridized carbons (Fsp3) is 0.625. The summed E-state index contributed by atoms with van der Waals surface area (Å²) in [4.78, 5) is 10.8. The standard InChI is InChI=1S/C8H11N3O2/c1-11-7(5-3-2-4-5)6(8(12)13)9-10-11/h5H,2-4H2,1H3,(H,12,13). The van der Waals surface area contributed by atoms with Gasteiger partial charge >= 0.3 is 5.97 Å². The van der Waals surface area contributed by atoms with Gasteiger partial charge < -0.3 is 5.11 Å². The smallest absolute Gasteiger partial charge is 0.358 e. The van der Waals surface area contributed by atoms with Gasteiger partial charge in [-0.2, -0.15) is 0 Å². The molecule has 1 N–H and O–H groups in total. The van der Waals surface area contributed by atoms with E-state index in [4.69, 9.17) is 5.11 Å². The third kappa shape index (κ3) is 1.20. The fourth-order valence-corrected chi connectivity index (χ4v) is 1.66. The molecule has 1 aliphatic carbocycles. The molecule has 5 nitrogen and oxygen atoms in total. The second-order valence-corrected chi connectivity index (χ2v) is 3.38. The first-order chi connectivity index (χ1) is 6.20. The molecule has 0 radical (unpaired) electrons. The van der Waals surface area contributed by atoms with Crippen molar-refractivity contribution in [2.24, 2.45) is 7.05 Å². The number of aromatic nitrogens is 3. The Kier molecular flexibility index (Phi) is 1.79. The minimum Gasteiger partial charge on any atom is -0.476 e. The maximum atomic E-state index is 10.8. The van der Waals surface area contributed by atoms with Crippen LogP contribution in [0.3, 0.4) is 0 Å². The highest BCUT2D eigenvalue weighted by atomic mass is 16.4. The summed E-state index contributed by atoms with van der Waals surface area (Å²) in [5.41, 5.74) is 0.894. The van der Waals surface area contributed by atoms with Crippen molar-refractivity contribution in [2.45, 2.75) is 25.2 Å². The molecule has 2 rings (SSSR count). The number of rotatable bonds is 2. The highest BCUT2D eigenvalue weighted by Crippen LogP contribution is 2.36. The Morgan fingerprint density at radius 3 is 2.77 bits per heavy atom. The van der Waals surface area contributed by atoms with Crippen LogP contribution in [0.25, 0.3) is 0 Å². The van der Waals surface area contributed by atoms with Crippen molar-refractivity contribution < 1.29 is 9.90 Å². The zero-order chi connectivity index (χ0) is 9.42. The summed E-state index contributed by atoms with van der Waals surface area (Å²) >= 11 is 0. The SMILES string of the molecule is Cn1nnc(C(=O)O)c1C1CCC1. The molecule has 0 unspecified atom stereocenters. The van der Waals surface area contributed by atoms with Crippen molar-refractivity contribution in [1.29, 1.82) is 0 Å². The van der Waals surface area contributed by atoms with Crippen LogP contribution in [0, 0.1) is 0 Å². The summed E-state index contributed by atoms with van der Waals surface area (Å²) in [6.07, 6.45) is 3.29. The van der Waals surface area contributed by atoms with Crippen molar-refractivity contribution in [3.63, 3.8) is 0 Å². The number of aromatic carboxylic acids is 1. The molecule has 0 saturated heterocycles. The molecule has 1 heterocycles. The van der Waals surface area contributed by atoms with Gasteiger partial charge in [0.1, 0.15) is 0 Å². The summed E-state index contributed by atoms with van der Waals surface area (Å²) in [5.74, 6) is -0.624. The normalized spacial score (nSPS) is 17.0. The average Bonchev–Trinajstić information content (AvgIpc) is 2.30. The molecule has 1 aromatic heterocycles. The lowest BCUT2D eigenvalue weighted by Gasteiger charge is -2.25. The van der Waals surface area contributed by atoms with Crippen LogP contribution in [-0.4, -0.2) is 26.1 Å². The van der Waals surface area contributed by atoms with Crippen LogP contribution in [0.1, 0.15) is 41.4 Å². The monoisotopic (exact) mass is 181 g/mol. The number of hydrogen-bond acceptors (Lipinski definition) is 3. The summed E-state index contributed by atoms with van der Waals surface area (Å²) in [6.45, 7) is 0. The molecule has 0 bridgehead atoms. The van der Waals surface area contributed by atoms with E-state index in [1.807, 2.05) is 0 Å². The van der Waals surface area contributed by atoms with Crippen LogP contribution >= 0.6 is 0 Å². The van der Waals surface area contributed by atoms with E-state index in [0.717, 1.165) is 18.5 Å². The molecular formula is C8H11N3O2. The summed E-state index contributed by atoms with van der Waals surface area (Å²) in [5, 5.41) is 16.2. The molecule has 0 aromatic carbocycles. The summed E-state index contributed by atoms with van der Waals surface area (Å²) in [6, 6.07) is 0. The van der Waals surface area contributed by atoms with Gasteiger partial charge in [-0.3, -0.25) is 4.68 Å². The second kappa shape index (κ2) is 2.83. The van der Waals surface area contributed by atoms with E-state index in [1.54, 1.807) is 11.7 Å². The Balaban J connectivity index is 2.39. The van der Waals surface area contributed by atoms with Crippen LogP contribution in [0.15, 0.2) is 0 Å². The zero-order valence-corrected chi connectivity index (χ0v) is 7.40. The van der Waals surface area contributed by atoms with Crippen molar-refractivity contribution in [1.82, 2.24) is 15.0 Å². The second-order valence-electron chi connectivity index (χ2n) is 3.38. The minimum atomic E-state index is -0.977. The Hall–Kier alpha value is -1.39. The number of hydrogen-bond donors (Lipinski definition) is 1. The maximum absolute atomic E-state index is 10.8.